The van der Waals surface area contributed by atoms with Crippen molar-refractivity contribution in [2.45, 2.75) is 64.3 Å². The molecule has 1 fully saturated rings. The van der Waals surface area contributed by atoms with E-state index in [1.165, 1.54) is 25.2 Å². The summed E-state index contributed by atoms with van der Waals surface area (Å²) in [5.74, 6) is -0.344. The first-order valence-corrected chi connectivity index (χ1v) is 19.0. The summed E-state index contributed by atoms with van der Waals surface area (Å²) in [6.07, 6.45) is 2.59. The molecule has 0 bridgehead atoms. The summed E-state index contributed by atoms with van der Waals surface area (Å²) < 4.78 is 26.1. The molecule has 1 aliphatic rings. The maximum absolute atomic E-state index is 14.0. The summed E-state index contributed by atoms with van der Waals surface area (Å²) in [5, 5.41) is 17.6. The lowest BCUT2D eigenvalue weighted by Crippen LogP contribution is -2.52. The first-order chi connectivity index (χ1) is 23.2. The van der Waals surface area contributed by atoms with Gasteiger partial charge in [-0.15, -0.1) is 0 Å². The standard InChI is InChI=1S/C38H53N5O5S/c1-27(2)25-43-19-17-33(18-20-43)41(4)26-36(44)35(21-29-13-9-7-10-14-29)40-38(46)32-22-31(23-34(24-32)42(5)49(6,47)48)37(45)39-28(3)30-15-11-8-12-16-30/h7-16,22-24,27-28,33,35-36,44H,17-21,25-26H2,1-6H3,(H,39,45)(H,40,46)/t28-,35+,36-/m1/s1. The second kappa shape index (κ2) is 17.2. The predicted molar refractivity (Wildman–Crippen MR) is 196 cm³/mol. The molecule has 0 radical (unpaired) electrons. The molecule has 11 heteroatoms. The van der Waals surface area contributed by atoms with Crippen LogP contribution in [0.4, 0.5) is 5.69 Å². The Kier molecular flexibility index (Phi) is 13.4. The highest BCUT2D eigenvalue weighted by Crippen LogP contribution is 2.23. The maximum Gasteiger partial charge on any atom is 0.251 e. The zero-order valence-corrected chi connectivity index (χ0v) is 30.5. The van der Waals surface area contributed by atoms with Crippen molar-refractivity contribution in [3.05, 3.63) is 101 Å². The molecule has 0 unspecified atom stereocenters. The minimum atomic E-state index is -3.70. The number of rotatable bonds is 15. The average molecular weight is 692 g/mol. The van der Waals surface area contributed by atoms with E-state index in [0.717, 1.165) is 54.2 Å². The van der Waals surface area contributed by atoms with Crippen LogP contribution in [0.15, 0.2) is 78.9 Å². The molecule has 0 aromatic heterocycles. The van der Waals surface area contributed by atoms with E-state index in [2.05, 4.69) is 34.3 Å². The van der Waals surface area contributed by atoms with Gasteiger partial charge < -0.3 is 25.5 Å². The fraction of sp³-hybridized carbons (Fsp3) is 0.474. The molecule has 49 heavy (non-hydrogen) atoms. The van der Waals surface area contributed by atoms with Gasteiger partial charge in [0.1, 0.15) is 0 Å². The fourth-order valence-corrected chi connectivity index (χ4v) is 6.87. The van der Waals surface area contributed by atoms with Gasteiger partial charge in [-0.2, -0.15) is 0 Å². The van der Waals surface area contributed by atoms with Crippen LogP contribution in [0.1, 0.15) is 71.5 Å². The zero-order chi connectivity index (χ0) is 35.7. The third-order valence-electron chi connectivity index (χ3n) is 9.31. The largest absolute Gasteiger partial charge is 0.390 e. The Labute approximate surface area is 292 Å². The number of benzene rings is 3. The zero-order valence-electron chi connectivity index (χ0n) is 29.7. The summed E-state index contributed by atoms with van der Waals surface area (Å²) in [6.45, 7) is 9.82. The highest BCUT2D eigenvalue weighted by molar-refractivity contribution is 7.92. The van der Waals surface area contributed by atoms with E-state index in [4.69, 9.17) is 0 Å². The summed E-state index contributed by atoms with van der Waals surface area (Å²) in [7, 11) is -0.289. The summed E-state index contributed by atoms with van der Waals surface area (Å²) in [4.78, 5) is 32.1. The Balaban J connectivity index is 1.56. The number of sulfonamides is 1. The number of carbonyl (C=O) groups is 2. The molecule has 3 atom stereocenters. The number of aliphatic hydroxyl groups excluding tert-OH is 1. The third kappa shape index (κ3) is 11.1. The number of hydrogen-bond donors (Lipinski definition) is 3. The summed E-state index contributed by atoms with van der Waals surface area (Å²) in [6, 6.07) is 22.9. The van der Waals surface area contributed by atoms with Crippen LogP contribution in [0, 0.1) is 5.92 Å². The van der Waals surface area contributed by atoms with Crippen molar-refractivity contribution in [3.8, 4) is 0 Å². The van der Waals surface area contributed by atoms with Crippen LogP contribution in [0.3, 0.4) is 0 Å². The first-order valence-electron chi connectivity index (χ1n) is 17.1. The third-order valence-corrected chi connectivity index (χ3v) is 10.5. The van der Waals surface area contributed by atoms with Crippen molar-refractivity contribution in [2.24, 2.45) is 5.92 Å². The number of nitrogens with zero attached hydrogens (tertiary/aromatic N) is 3. The normalized spacial score (nSPS) is 16.3. The van der Waals surface area contributed by atoms with Crippen molar-refractivity contribution < 1.29 is 23.1 Å². The molecule has 1 saturated heterocycles. The molecule has 0 spiro atoms. The topological polar surface area (TPSA) is 122 Å². The Hall–Kier alpha value is -3.77. The smallest absolute Gasteiger partial charge is 0.251 e. The van der Waals surface area contributed by atoms with Crippen LogP contribution < -0.4 is 14.9 Å². The maximum atomic E-state index is 14.0. The van der Waals surface area contributed by atoms with Gasteiger partial charge in [-0.05, 0) is 81.6 Å². The van der Waals surface area contributed by atoms with Gasteiger partial charge in [0.05, 0.1) is 30.1 Å². The van der Waals surface area contributed by atoms with E-state index < -0.39 is 34.0 Å². The molecular weight excluding hydrogens is 639 g/mol. The minimum Gasteiger partial charge on any atom is -0.390 e. The van der Waals surface area contributed by atoms with Crippen molar-refractivity contribution in [3.63, 3.8) is 0 Å². The van der Waals surface area contributed by atoms with Crippen LogP contribution in [-0.2, 0) is 16.4 Å². The number of nitrogens with one attached hydrogen (secondary N) is 2. The molecule has 1 aliphatic heterocycles. The molecule has 3 N–H and O–H groups in total. The lowest BCUT2D eigenvalue weighted by molar-refractivity contribution is 0.0489. The number of hydrogen-bond acceptors (Lipinski definition) is 7. The van der Waals surface area contributed by atoms with E-state index in [-0.39, 0.29) is 22.9 Å². The van der Waals surface area contributed by atoms with E-state index in [1.807, 2.05) is 74.6 Å². The number of aliphatic hydroxyl groups is 1. The van der Waals surface area contributed by atoms with Crippen molar-refractivity contribution in [1.82, 2.24) is 20.4 Å². The second-order valence-corrected chi connectivity index (χ2v) is 15.8. The van der Waals surface area contributed by atoms with Gasteiger partial charge in [0.25, 0.3) is 11.8 Å². The van der Waals surface area contributed by atoms with Crippen molar-refractivity contribution >= 4 is 27.5 Å². The molecule has 3 aromatic rings. The SMILES string of the molecule is CC(C)CN1CCC(N(C)C[C@@H](O)[C@H](Cc2ccccc2)NC(=O)c2cc(C(=O)N[C@H](C)c3ccccc3)cc(N(C)S(C)(=O)=O)c2)CC1. The van der Waals surface area contributed by atoms with Crippen LogP contribution in [0.2, 0.25) is 0 Å². The number of likely N-dealkylation sites (tertiary alicyclic amines) is 1. The molecule has 0 aliphatic carbocycles. The van der Waals surface area contributed by atoms with Gasteiger partial charge in [0.2, 0.25) is 10.0 Å². The number of amides is 2. The molecule has 10 nitrogen and oxygen atoms in total. The number of piperidine rings is 1. The van der Waals surface area contributed by atoms with Crippen LogP contribution in [0.25, 0.3) is 0 Å². The van der Waals surface area contributed by atoms with Crippen molar-refractivity contribution in [1.29, 1.82) is 0 Å². The minimum absolute atomic E-state index is 0.113. The monoisotopic (exact) mass is 691 g/mol. The van der Waals surface area contributed by atoms with Gasteiger partial charge in [0, 0.05) is 37.3 Å². The first kappa shape index (κ1) is 38.0. The van der Waals surface area contributed by atoms with Gasteiger partial charge in [-0.1, -0.05) is 74.5 Å². The predicted octanol–water partition coefficient (Wildman–Crippen LogP) is 4.33. The Morgan fingerprint density at radius 2 is 1.43 bits per heavy atom. The summed E-state index contributed by atoms with van der Waals surface area (Å²) >= 11 is 0. The molecule has 2 amide bonds. The van der Waals surface area contributed by atoms with E-state index in [0.29, 0.717) is 24.9 Å². The second-order valence-electron chi connectivity index (χ2n) is 13.8. The molecule has 266 valence electrons. The van der Waals surface area contributed by atoms with Gasteiger partial charge >= 0.3 is 0 Å². The molecule has 0 saturated carbocycles. The van der Waals surface area contributed by atoms with Crippen LogP contribution in [0.5, 0.6) is 0 Å². The van der Waals surface area contributed by atoms with Gasteiger partial charge in [0.15, 0.2) is 0 Å². The molecule has 1 heterocycles. The summed E-state index contributed by atoms with van der Waals surface area (Å²) in [5.41, 5.74) is 2.29. The number of likely N-dealkylation sites (N-methyl/N-ethyl adjacent to an activating group) is 1. The van der Waals surface area contributed by atoms with E-state index >= 15 is 0 Å². The highest BCUT2D eigenvalue weighted by Gasteiger charge is 2.29. The Morgan fingerprint density at radius 1 is 0.878 bits per heavy atom. The number of carbonyl (C=O) groups excluding carboxylic acids is 2. The molecular formula is C38H53N5O5S. The van der Waals surface area contributed by atoms with Crippen LogP contribution in [-0.4, -0.2) is 99.9 Å². The molecule has 4 rings (SSSR count). The van der Waals surface area contributed by atoms with Crippen LogP contribution >= 0.6 is 0 Å². The highest BCUT2D eigenvalue weighted by atomic mass is 32.2. The fourth-order valence-electron chi connectivity index (χ4n) is 6.39. The lowest BCUT2D eigenvalue weighted by atomic mass is 9.98. The van der Waals surface area contributed by atoms with Gasteiger partial charge in [-0.25, -0.2) is 8.42 Å². The van der Waals surface area contributed by atoms with Gasteiger partial charge in [-0.3, -0.25) is 13.9 Å². The quantitative estimate of drug-likeness (QED) is 0.217. The molecule has 3 aromatic carbocycles. The van der Waals surface area contributed by atoms with E-state index in [1.54, 1.807) is 0 Å². The number of anilines is 1. The van der Waals surface area contributed by atoms with E-state index in [9.17, 15) is 23.1 Å². The average Bonchev–Trinajstić information content (AvgIpc) is 3.07. The Bertz CT molecular complexity index is 1630. The van der Waals surface area contributed by atoms with Crippen molar-refractivity contribution in [2.75, 3.05) is 50.8 Å². The Morgan fingerprint density at radius 3 is 1.98 bits per heavy atom. The lowest BCUT2D eigenvalue weighted by Gasteiger charge is -2.39.